The number of aromatic nitrogens is 3. The zero-order chi connectivity index (χ0) is 23.7. The van der Waals surface area contributed by atoms with Crippen LogP contribution < -0.4 is 10.6 Å². The molecule has 1 aliphatic carbocycles. The topological polar surface area (TPSA) is 101 Å². The first-order valence-corrected chi connectivity index (χ1v) is 11.4. The summed E-state index contributed by atoms with van der Waals surface area (Å²) in [6.45, 7) is 2.13. The van der Waals surface area contributed by atoms with E-state index in [-0.39, 0.29) is 12.1 Å². The number of aryl methyl sites for hydroxylation is 1. The first-order chi connectivity index (χ1) is 16.5. The number of nitrogens with zero attached hydrogens (tertiary/aromatic N) is 2. The lowest BCUT2D eigenvalue weighted by Gasteiger charge is -2.34. The third-order valence-electron chi connectivity index (χ3n) is 6.42. The van der Waals surface area contributed by atoms with Crippen LogP contribution in [0.1, 0.15) is 25.3 Å². The molecule has 2 heterocycles. The van der Waals surface area contributed by atoms with Crippen molar-refractivity contribution in [3.8, 4) is 16.8 Å². The number of rotatable bonds is 6. The molecule has 4 aromatic rings. The summed E-state index contributed by atoms with van der Waals surface area (Å²) in [5.41, 5.74) is 5.61. The van der Waals surface area contributed by atoms with Crippen molar-refractivity contribution in [3.05, 3.63) is 66.6 Å². The van der Waals surface area contributed by atoms with Crippen LogP contribution in [0.5, 0.6) is 0 Å². The Kier molecular flexibility index (Phi) is 5.90. The third-order valence-corrected chi connectivity index (χ3v) is 6.42. The van der Waals surface area contributed by atoms with Crippen molar-refractivity contribution in [2.75, 3.05) is 12.4 Å². The summed E-state index contributed by atoms with van der Waals surface area (Å²) >= 11 is 0. The minimum atomic E-state index is -0.685. The number of ether oxygens (including phenoxy) is 1. The Hall–Kier alpha value is -3.91. The highest BCUT2D eigenvalue weighted by atomic mass is 16.5. The Balaban J connectivity index is 1.32. The standard InChI is InChI=1S/C26H27N5O3/c1-3-16-4-7-20(8-5-16)31-15-18(13-28-31)17-6-9-23-22(10-17)24(14-27-23)30-26(33)25(32)29-19-11-21(12-19)34-2/h4-10,13-15,19,21,27H,3,11-12H2,1-2H3,(H,29,32)(H,30,33)/t19-,21-. The van der Waals surface area contributed by atoms with Crippen molar-refractivity contribution in [2.45, 2.75) is 38.3 Å². The van der Waals surface area contributed by atoms with Gasteiger partial charge in [-0.2, -0.15) is 5.10 Å². The predicted molar refractivity (Wildman–Crippen MR) is 131 cm³/mol. The van der Waals surface area contributed by atoms with Gasteiger partial charge in [-0.15, -0.1) is 0 Å². The van der Waals surface area contributed by atoms with Crippen molar-refractivity contribution in [3.63, 3.8) is 0 Å². The lowest BCUT2D eigenvalue weighted by molar-refractivity contribution is -0.137. The van der Waals surface area contributed by atoms with E-state index in [1.807, 2.05) is 35.3 Å². The largest absolute Gasteiger partial charge is 0.381 e. The average Bonchev–Trinajstić information content (AvgIpc) is 3.48. The summed E-state index contributed by atoms with van der Waals surface area (Å²) in [6, 6.07) is 14.2. The molecule has 2 aromatic heterocycles. The van der Waals surface area contributed by atoms with E-state index >= 15 is 0 Å². The fourth-order valence-corrected chi connectivity index (χ4v) is 4.21. The number of hydrogen-bond acceptors (Lipinski definition) is 4. The maximum absolute atomic E-state index is 12.5. The van der Waals surface area contributed by atoms with E-state index in [1.165, 1.54) is 5.56 Å². The van der Waals surface area contributed by atoms with E-state index in [1.54, 1.807) is 13.3 Å². The maximum atomic E-state index is 12.5. The number of carbonyl (C=O) groups is 2. The van der Waals surface area contributed by atoms with Crippen molar-refractivity contribution in [1.29, 1.82) is 0 Å². The number of benzene rings is 2. The Morgan fingerprint density at radius 3 is 2.65 bits per heavy atom. The van der Waals surface area contributed by atoms with Crippen LogP contribution in [0.3, 0.4) is 0 Å². The van der Waals surface area contributed by atoms with Crippen LogP contribution in [0, 0.1) is 0 Å². The second-order valence-corrected chi connectivity index (χ2v) is 8.61. The van der Waals surface area contributed by atoms with Crippen LogP contribution >= 0.6 is 0 Å². The van der Waals surface area contributed by atoms with Gasteiger partial charge >= 0.3 is 11.8 Å². The number of fused-ring (bicyclic) bond motifs is 1. The molecule has 0 unspecified atom stereocenters. The molecule has 1 fully saturated rings. The molecule has 3 N–H and O–H groups in total. The van der Waals surface area contributed by atoms with E-state index in [4.69, 9.17) is 4.74 Å². The van der Waals surface area contributed by atoms with Crippen molar-refractivity contribution in [2.24, 2.45) is 0 Å². The number of amides is 2. The van der Waals surface area contributed by atoms with Gasteiger partial charge in [-0.05, 0) is 54.7 Å². The summed E-state index contributed by atoms with van der Waals surface area (Å²) in [6.07, 6.45) is 8.09. The van der Waals surface area contributed by atoms with Crippen LogP contribution in [0.4, 0.5) is 5.69 Å². The fourth-order valence-electron chi connectivity index (χ4n) is 4.21. The number of hydrogen-bond donors (Lipinski definition) is 3. The van der Waals surface area contributed by atoms with Gasteiger partial charge in [0.15, 0.2) is 0 Å². The number of nitrogens with one attached hydrogen (secondary N) is 3. The summed E-state index contributed by atoms with van der Waals surface area (Å²) in [7, 11) is 1.65. The molecule has 1 aliphatic rings. The highest BCUT2D eigenvalue weighted by Gasteiger charge is 2.31. The molecule has 2 amide bonds. The van der Waals surface area contributed by atoms with Gasteiger partial charge in [0.05, 0.1) is 23.7 Å². The van der Waals surface area contributed by atoms with Gasteiger partial charge in [0.2, 0.25) is 0 Å². The van der Waals surface area contributed by atoms with E-state index in [9.17, 15) is 9.59 Å². The Morgan fingerprint density at radius 2 is 1.91 bits per heavy atom. The smallest absolute Gasteiger partial charge is 0.313 e. The van der Waals surface area contributed by atoms with Gasteiger partial charge in [0, 0.05) is 42.0 Å². The molecular weight excluding hydrogens is 430 g/mol. The lowest BCUT2D eigenvalue weighted by atomic mass is 9.89. The van der Waals surface area contributed by atoms with Crippen molar-refractivity contribution in [1.82, 2.24) is 20.1 Å². The molecular formula is C26H27N5O3. The van der Waals surface area contributed by atoms with Gasteiger partial charge in [-0.1, -0.05) is 25.1 Å². The number of H-pyrrole nitrogens is 1. The minimum Gasteiger partial charge on any atom is -0.381 e. The fraction of sp³-hybridized carbons (Fsp3) is 0.269. The Labute approximate surface area is 197 Å². The molecule has 8 heteroatoms. The molecule has 34 heavy (non-hydrogen) atoms. The SMILES string of the molecule is CCc1ccc(-n2cc(-c3ccc4[nH]cc(NC(=O)C(=O)N[C@H]5C[C@H](OC)C5)c4c3)cn2)cc1. The van der Waals surface area contributed by atoms with Gasteiger partial charge < -0.3 is 20.4 Å². The second-order valence-electron chi connectivity index (χ2n) is 8.61. The third kappa shape index (κ3) is 4.32. The predicted octanol–water partition coefficient (Wildman–Crippen LogP) is 3.82. The monoisotopic (exact) mass is 457 g/mol. The van der Waals surface area contributed by atoms with E-state index in [0.717, 1.165) is 47.0 Å². The molecule has 1 saturated carbocycles. The Morgan fingerprint density at radius 1 is 1.12 bits per heavy atom. The lowest BCUT2D eigenvalue weighted by Crippen LogP contribution is -2.50. The number of anilines is 1. The van der Waals surface area contributed by atoms with E-state index in [2.05, 4.69) is 51.9 Å². The maximum Gasteiger partial charge on any atom is 0.313 e. The molecule has 0 radical (unpaired) electrons. The zero-order valence-electron chi connectivity index (χ0n) is 19.2. The molecule has 8 nitrogen and oxygen atoms in total. The van der Waals surface area contributed by atoms with Crippen molar-refractivity contribution < 1.29 is 14.3 Å². The van der Waals surface area contributed by atoms with Gasteiger partial charge in [-0.25, -0.2) is 4.68 Å². The summed E-state index contributed by atoms with van der Waals surface area (Å²) in [5, 5.41) is 10.8. The summed E-state index contributed by atoms with van der Waals surface area (Å²) in [4.78, 5) is 27.9. The average molecular weight is 458 g/mol. The number of carbonyl (C=O) groups excluding carboxylic acids is 2. The van der Waals surface area contributed by atoms with Crippen LogP contribution in [-0.2, 0) is 20.7 Å². The second kappa shape index (κ2) is 9.15. The van der Waals surface area contributed by atoms with E-state index < -0.39 is 11.8 Å². The van der Waals surface area contributed by atoms with Crippen LogP contribution in [0.25, 0.3) is 27.7 Å². The molecule has 5 rings (SSSR count). The first-order valence-electron chi connectivity index (χ1n) is 11.4. The summed E-state index contributed by atoms with van der Waals surface area (Å²) in [5.74, 6) is -1.32. The highest BCUT2D eigenvalue weighted by molar-refractivity contribution is 6.40. The van der Waals surface area contributed by atoms with Crippen molar-refractivity contribution >= 4 is 28.4 Å². The molecule has 0 spiro atoms. The Bertz CT molecular complexity index is 1330. The molecule has 0 bridgehead atoms. The normalized spacial score (nSPS) is 17.4. The molecule has 174 valence electrons. The van der Waals surface area contributed by atoms with Crippen LogP contribution in [0.2, 0.25) is 0 Å². The zero-order valence-corrected chi connectivity index (χ0v) is 19.2. The first kappa shape index (κ1) is 21.9. The minimum absolute atomic E-state index is 0.0208. The molecule has 0 aliphatic heterocycles. The van der Waals surface area contributed by atoms with E-state index in [0.29, 0.717) is 5.69 Å². The quantitative estimate of drug-likeness (QED) is 0.383. The van der Waals surface area contributed by atoms with Crippen LogP contribution in [0.15, 0.2) is 61.1 Å². The number of aromatic amines is 1. The molecule has 2 aromatic carbocycles. The summed E-state index contributed by atoms with van der Waals surface area (Å²) < 4.78 is 7.06. The van der Waals surface area contributed by atoms with Gasteiger partial charge in [-0.3, -0.25) is 9.59 Å². The van der Waals surface area contributed by atoms with Crippen LogP contribution in [-0.4, -0.2) is 45.8 Å². The van der Waals surface area contributed by atoms with Gasteiger partial charge in [0.1, 0.15) is 0 Å². The molecule has 0 saturated heterocycles. The molecule has 0 atom stereocenters. The highest BCUT2D eigenvalue weighted by Crippen LogP contribution is 2.29. The van der Waals surface area contributed by atoms with Gasteiger partial charge in [0.25, 0.3) is 0 Å². The number of methoxy groups -OCH3 is 1.